The molecule has 0 aromatic heterocycles. The van der Waals surface area contributed by atoms with Gasteiger partial charge in [-0.2, -0.15) is 0 Å². The zero-order chi connectivity index (χ0) is 17.4. The van der Waals surface area contributed by atoms with Crippen LogP contribution in [0.25, 0.3) is 0 Å². The Morgan fingerprint density at radius 2 is 1.88 bits per heavy atom. The van der Waals surface area contributed by atoms with Crippen molar-refractivity contribution >= 4 is 15.7 Å². The minimum Gasteiger partial charge on any atom is -0.495 e. The number of methoxy groups -OCH3 is 1. The van der Waals surface area contributed by atoms with Crippen LogP contribution in [-0.2, 0) is 10.0 Å². The number of nitrogens with one attached hydrogen (secondary N) is 1. The Morgan fingerprint density at radius 1 is 1.17 bits per heavy atom. The van der Waals surface area contributed by atoms with Crippen LogP contribution in [0.1, 0.15) is 19.8 Å². The molecule has 6 nitrogen and oxygen atoms in total. The maximum Gasteiger partial charge on any atom is 0.211 e. The molecule has 0 saturated carbocycles. The van der Waals surface area contributed by atoms with E-state index < -0.39 is 10.0 Å². The Hall–Kier alpha value is -1.31. The summed E-state index contributed by atoms with van der Waals surface area (Å²) in [6, 6.07) is 8.06. The smallest absolute Gasteiger partial charge is 0.211 e. The molecule has 2 rings (SSSR count). The summed E-state index contributed by atoms with van der Waals surface area (Å²) in [5.74, 6) is 1.13. The zero-order valence-electron chi connectivity index (χ0n) is 14.7. The lowest BCUT2D eigenvalue weighted by Gasteiger charge is -2.36. The van der Waals surface area contributed by atoms with Crippen molar-refractivity contribution in [3.05, 3.63) is 24.3 Å². The Morgan fingerprint density at radius 3 is 2.54 bits per heavy atom. The van der Waals surface area contributed by atoms with Gasteiger partial charge in [-0.05, 0) is 18.6 Å². The van der Waals surface area contributed by atoms with Crippen molar-refractivity contribution in [2.75, 3.05) is 57.0 Å². The third-order valence-electron chi connectivity index (χ3n) is 4.31. The van der Waals surface area contributed by atoms with Crippen LogP contribution in [0.4, 0.5) is 5.69 Å². The molecule has 1 heterocycles. The maximum absolute atomic E-state index is 11.8. The van der Waals surface area contributed by atoms with E-state index in [4.69, 9.17) is 4.74 Å². The van der Waals surface area contributed by atoms with E-state index in [1.54, 1.807) is 7.11 Å². The van der Waals surface area contributed by atoms with Gasteiger partial charge in [-0.3, -0.25) is 4.90 Å². The first-order chi connectivity index (χ1) is 11.6. The highest BCUT2D eigenvalue weighted by Crippen LogP contribution is 2.28. The van der Waals surface area contributed by atoms with Gasteiger partial charge in [0.05, 0.1) is 18.6 Å². The highest BCUT2D eigenvalue weighted by molar-refractivity contribution is 7.89. The fourth-order valence-electron chi connectivity index (χ4n) is 2.87. The number of ether oxygens (including phenoxy) is 1. The topological polar surface area (TPSA) is 61.9 Å². The lowest BCUT2D eigenvalue weighted by atomic mass is 10.2. The molecule has 0 radical (unpaired) electrons. The zero-order valence-corrected chi connectivity index (χ0v) is 15.5. The lowest BCUT2D eigenvalue weighted by Crippen LogP contribution is -2.48. The van der Waals surface area contributed by atoms with E-state index >= 15 is 0 Å². The van der Waals surface area contributed by atoms with Crippen LogP contribution < -0.4 is 14.4 Å². The molecular weight excluding hydrogens is 326 g/mol. The number of anilines is 1. The molecule has 0 aliphatic carbocycles. The number of piperazine rings is 1. The molecule has 0 atom stereocenters. The predicted octanol–water partition coefficient (Wildman–Crippen LogP) is 1.54. The van der Waals surface area contributed by atoms with Crippen LogP contribution in [0.2, 0.25) is 0 Å². The molecule has 0 bridgehead atoms. The van der Waals surface area contributed by atoms with Crippen LogP contribution in [-0.4, -0.2) is 65.4 Å². The largest absolute Gasteiger partial charge is 0.495 e. The van der Waals surface area contributed by atoms with Crippen molar-refractivity contribution in [1.82, 2.24) is 9.62 Å². The van der Waals surface area contributed by atoms with Gasteiger partial charge in [-0.1, -0.05) is 25.5 Å². The summed E-state index contributed by atoms with van der Waals surface area (Å²) in [5.41, 5.74) is 1.12. The van der Waals surface area contributed by atoms with Crippen LogP contribution >= 0.6 is 0 Å². The molecule has 1 saturated heterocycles. The van der Waals surface area contributed by atoms with Gasteiger partial charge in [0.1, 0.15) is 5.75 Å². The molecule has 1 fully saturated rings. The third-order valence-corrected chi connectivity index (χ3v) is 5.78. The number of unbranched alkanes of at least 4 members (excludes halogenated alkanes) is 1. The summed E-state index contributed by atoms with van der Waals surface area (Å²) in [7, 11) is -1.42. The van der Waals surface area contributed by atoms with E-state index in [1.807, 2.05) is 25.1 Å². The van der Waals surface area contributed by atoms with Gasteiger partial charge in [-0.15, -0.1) is 0 Å². The average molecular weight is 356 g/mol. The molecule has 0 spiro atoms. The summed E-state index contributed by atoms with van der Waals surface area (Å²) >= 11 is 0. The second-order valence-corrected chi connectivity index (χ2v) is 7.99. The van der Waals surface area contributed by atoms with E-state index in [2.05, 4.69) is 20.6 Å². The number of hydrogen-bond donors (Lipinski definition) is 1. The van der Waals surface area contributed by atoms with Gasteiger partial charge in [0.25, 0.3) is 0 Å². The summed E-state index contributed by atoms with van der Waals surface area (Å²) in [6.45, 7) is 6.93. The fraction of sp³-hybridized carbons (Fsp3) is 0.647. The first-order valence-electron chi connectivity index (χ1n) is 8.63. The van der Waals surface area contributed by atoms with Crippen LogP contribution in [0.5, 0.6) is 5.75 Å². The van der Waals surface area contributed by atoms with Crippen molar-refractivity contribution < 1.29 is 13.2 Å². The minimum absolute atomic E-state index is 0.227. The van der Waals surface area contributed by atoms with Crippen molar-refractivity contribution in [3.63, 3.8) is 0 Å². The van der Waals surface area contributed by atoms with Crippen molar-refractivity contribution in [2.24, 2.45) is 0 Å². The summed E-state index contributed by atoms with van der Waals surface area (Å²) < 4.78 is 31.7. The summed E-state index contributed by atoms with van der Waals surface area (Å²) in [6.07, 6.45) is 1.61. The first-order valence-corrected chi connectivity index (χ1v) is 10.3. The lowest BCUT2D eigenvalue weighted by molar-refractivity contribution is 0.261. The normalized spacial score (nSPS) is 16.3. The number of para-hydroxylation sites is 2. The molecular formula is C17H29N3O3S. The van der Waals surface area contributed by atoms with E-state index in [0.717, 1.165) is 50.6 Å². The molecule has 136 valence electrons. The summed E-state index contributed by atoms with van der Waals surface area (Å²) in [4.78, 5) is 4.62. The fourth-order valence-corrected chi connectivity index (χ4v) is 4.08. The van der Waals surface area contributed by atoms with E-state index in [-0.39, 0.29) is 5.75 Å². The van der Waals surface area contributed by atoms with Gasteiger partial charge in [0.2, 0.25) is 10.0 Å². The second-order valence-electron chi connectivity index (χ2n) is 6.07. The minimum atomic E-state index is -3.11. The molecule has 7 heteroatoms. The molecule has 24 heavy (non-hydrogen) atoms. The number of sulfonamides is 1. The molecule has 1 aromatic carbocycles. The van der Waals surface area contributed by atoms with E-state index in [1.165, 1.54) is 0 Å². The van der Waals surface area contributed by atoms with Crippen molar-refractivity contribution in [3.8, 4) is 5.75 Å². The summed E-state index contributed by atoms with van der Waals surface area (Å²) in [5, 5.41) is 0. The second kappa shape index (κ2) is 9.25. The van der Waals surface area contributed by atoms with E-state index in [9.17, 15) is 8.42 Å². The third kappa shape index (κ3) is 5.65. The predicted molar refractivity (Wildman–Crippen MR) is 98.3 cm³/mol. The molecule has 0 amide bonds. The molecule has 1 N–H and O–H groups in total. The van der Waals surface area contributed by atoms with Gasteiger partial charge < -0.3 is 9.64 Å². The van der Waals surface area contributed by atoms with Crippen LogP contribution in [0.3, 0.4) is 0 Å². The van der Waals surface area contributed by atoms with Gasteiger partial charge in [0.15, 0.2) is 0 Å². The quantitative estimate of drug-likeness (QED) is 0.728. The highest BCUT2D eigenvalue weighted by Gasteiger charge is 2.19. The Balaban J connectivity index is 1.75. The number of rotatable bonds is 9. The highest BCUT2D eigenvalue weighted by atomic mass is 32.2. The molecule has 1 aliphatic heterocycles. The molecule has 0 unspecified atom stereocenters. The standard InChI is InChI=1S/C17H29N3O3S/c1-3-4-15-24(21,22)18-9-10-19-11-13-20(14-12-19)16-7-5-6-8-17(16)23-2/h5-8,18H,3-4,9-15H2,1-2H3. The van der Waals surface area contributed by atoms with Crippen LogP contribution in [0, 0.1) is 0 Å². The number of hydrogen-bond acceptors (Lipinski definition) is 5. The Labute approximate surface area is 145 Å². The Bertz CT molecular complexity index is 599. The van der Waals surface area contributed by atoms with Crippen LogP contribution in [0.15, 0.2) is 24.3 Å². The maximum atomic E-state index is 11.8. The van der Waals surface area contributed by atoms with Gasteiger partial charge >= 0.3 is 0 Å². The Kier molecular flexibility index (Phi) is 7.33. The molecule has 1 aromatic rings. The van der Waals surface area contributed by atoms with Crippen molar-refractivity contribution in [1.29, 1.82) is 0 Å². The first kappa shape index (κ1) is 19.0. The number of nitrogens with zero attached hydrogens (tertiary/aromatic N) is 2. The monoisotopic (exact) mass is 355 g/mol. The van der Waals surface area contributed by atoms with E-state index in [0.29, 0.717) is 13.0 Å². The van der Waals surface area contributed by atoms with Gasteiger partial charge in [-0.25, -0.2) is 13.1 Å². The average Bonchev–Trinajstić information content (AvgIpc) is 2.60. The van der Waals surface area contributed by atoms with Crippen molar-refractivity contribution in [2.45, 2.75) is 19.8 Å². The molecule has 1 aliphatic rings. The SMILES string of the molecule is CCCCS(=O)(=O)NCCN1CCN(c2ccccc2OC)CC1. The number of benzene rings is 1. The van der Waals surface area contributed by atoms with Gasteiger partial charge in [0, 0.05) is 39.3 Å².